The second-order valence-corrected chi connectivity index (χ2v) is 5.94. The third-order valence-corrected chi connectivity index (χ3v) is 4.09. The molecule has 7 heteroatoms. The maximum atomic E-state index is 13.1. The van der Waals surface area contributed by atoms with Crippen molar-refractivity contribution in [3.05, 3.63) is 93.3 Å². The van der Waals surface area contributed by atoms with Crippen LogP contribution in [-0.2, 0) is 6.42 Å². The standard InChI is InChI=1S/C20H15FN2O4/c21-17-6-4-13(5-7-17)8-14-9-16(12-22-25)20(24)19(10-14)15-2-1-3-18(11-15)23(26)27/h1-7,9-12,24-25H,8H2. The molecule has 0 atom stereocenters. The fraction of sp³-hybridized carbons (Fsp3) is 0.0500. The molecule has 0 aliphatic heterocycles. The molecule has 27 heavy (non-hydrogen) atoms. The molecule has 0 saturated heterocycles. The zero-order valence-corrected chi connectivity index (χ0v) is 14.0. The molecular weight excluding hydrogens is 351 g/mol. The van der Waals surface area contributed by atoms with Gasteiger partial charge in [0, 0.05) is 23.3 Å². The summed E-state index contributed by atoms with van der Waals surface area (Å²) in [6.07, 6.45) is 1.53. The molecule has 6 nitrogen and oxygen atoms in total. The summed E-state index contributed by atoms with van der Waals surface area (Å²) in [6, 6.07) is 15.2. The summed E-state index contributed by atoms with van der Waals surface area (Å²) in [7, 11) is 0. The Morgan fingerprint density at radius 3 is 2.48 bits per heavy atom. The monoisotopic (exact) mass is 366 g/mol. The van der Waals surface area contributed by atoms with Gasteiger partial charge in [-0.1, -0.05) is 29.4 Å². The summed E-state index contributed by atoms with van der Waals surface area (Å²) in [5, 5.41) is 33.4. The van der Waals surface area contributed by atoms with Gasteiger partial charge in [0.1, 0.15) is 11.6 Å². The van der Waals surface area contributed by atoms with Gasteiger partial charge in [0.2, 0.25) is 0 Å². The van der Waals surface area contributed by atoms with E-state index in [0.29, 0.717) is 17.5 Å². The van der Waals surface area contributed by atoms with E-state index < -0.39 is 4.92 Å². The van der Waals surface area contributed by atoms with Crippen LogP contribution in [0.3, 0.4) is 0 Å². The molecule has 0 heterocycles. The first-order valence-corrected chi connectivity index (χ1v) is 8.00. The average Bonchev–Trinajstić information content (AvgIpc) is 2.66. The molecule has 3 rings (SSSR count). The van der Waals surface area contributed by atoms with E-state index in [1.807, 2.05) is 0 Å². The van der Waals surface area contributed by atoms with Crippen LogP contribution in [0.25, 0.3) is 11.1 Å². The first-order chi connectivity index (χ1) is 13.0. The van der Waals surface area contributed by atoms with Gasteiger partial charge in [0.15, 0.2) is 0 Å². The molecule has 0 aromatic heterocycles. The molecule has 0 saturated carbocycles. The molecule has 0 unspecified atom stereocenters. The number of nitrogens with zero attached hydrogens (tertiary/aromatic N) is 2. The van der Waals surface area contributed by atoms with Crippen LogP contribution in [0.2, 0.25) is 0 Å². The predicted molar refractivity (Wildman–Crippen MR) is 98.8 cm³/mol. The molecule has 0 aliphatic carbocycles. The summed E-state index contributed by atoms with van der Waals surface area (Å²) >= 11 is 0. The van der Waals surface area contributed by atoms with Crippen molar-refractivity contribution in [2.75, 3.05) is 0 Å². The lowest BCUT2D eigenvalue weighted by molar-refractivity contribution is -0.384. The van der Waals surface area contributed by atoms with Crippen LogP contribution in [0.5, 0.6) is 5.75 Å². The summed E-state index contributed by atoms with van der Waals surface area (Å²) in [4.78, 5) is 10.5. The van der Waals surface area contributed by atoms with E-state index in [9.17, 15) is 19.6 Å². The van der Waals surface area contributed by atoms with Crippen molar-refractivity contribution >= 4 is 11.9 Å². The van der Waals surface area contributed by atoms with Gasteiger partial charge in [-0.2, -0.15) is 0 Å². The highest BCUT2D eigenvalue weighted by atomic mass is 19.1. The Labute approximate surface area is 154 Å². The van der Waals surface area contributed by atoms with Crippen LogP contribution in [-0.4, -0.2) is 21.5 Å². The lowest BCUT2D eigenvalue weighted by Gasteiger charge is -2.11. The third kappa shape index (κ3) is 4.09. The smallest absolute Gasteiger partial charge is 0.270 e. The molecule has 0 bridgehead atoms. The number of phenols is 1. The molecule has 3 aromatic rings. The van der Waals surface area contributed by atoms with Crippen molar-refractivity contribution in [1.29, 1.82) is 0 Å². The van der Waals surface area contributed by atoms with E-state index >= 15 is 0 Å². The summed E-state index contributed by atoms with van der Waals surface area (Å²) in [6.45, 7) is 0. The van der Waals surface area contributed by atoms with Crippen molar-refractivity contribution in [2.45, 2.75) is 6.42 Å². The molecule has 2 N–H and O–H groups in total. The molecule has 0 spiro atoms. The first-order valence-electron chi connectivity index (χ1n) is 8.00. The molecule has 136 valence electrons. The SMILES string of the molecule is O=[N+]([O-])c1cccc(-c2cc(Cc3ccc(F)cc3)cc(C=NO)c2O)c1. The van der Waals surface area contributed by atoms with Gasteiger partial charge >= 0.3 is 0 Å². The number of non-ortho nitro benzene ring substituents is 1. The van der Waals surface area contributed by atoms with Crippen LogP contribution in [0.15, 0.2) is 65.8 Å². The topological polar surface area (TPSA) is 96.0 Å². The zero-order chi connectivity index (χ0) is 19.4. The van der Waals surface area contributed by atoms with Crippen LogP contribution >= 0.6 is 0 Å². The Kier molecular flexibility index (Phi) is 5.12. The van der Waals surface area contributed by atoms with Gasteiger partial charge in [-0.25, -0.2) is 4.39 Å². The van der Waals surface area contributed by atoms with E-state index in [1.165, 1.54) is 30.3 Å². The van der Waals surface area contributed by atoms with Crippen molar-refractivity contribution in [2.24, 2.45) is 5.16 Å². The highest BCUT2D eigenvalue weighted by Crippen LogP contribution is 2.35. The second-order valence-electron chi connectivity index (χ2n) is 5.94. The van der Waals surface area contributed by atoms with E-state index in [0.717, 1.165) is 17.3 Å². The largest absolute Gasteiger partial charge is 0.507 e. The minimum Gasteiger partial charge on any atom is -0.507 e. The number of nitro benzene ring substituents is 1. The van der Waals surface area contributed by atoms with Gasteiger partial charge in [-0.3, -0.25) is 10.1 Å². The van der Waals surface area contributed by atoms with Crippen molar-refractivity contribution < 1.29 is 19.6 Å². The molecule has 0 amide bonds. The van der Waals surface area contributed by atoms with Gasteiger partial charge in [0.25, 0.3) is 5.69 Å². The minimum absolute atomic E-state index is 0.104. The Balaban J connectivity index is 2.09. The third-order valence-electron chi connectivity index (χ3n) is 4.09. The maximum absolute atomic E-state index is 13.1. The van der Waals surface area contributed by atoms with Crippen molar-refractivity contribution in [3.8, 4) is 16.9 Å². The van der Waals surface area contributed by atoms with Crippen LogP contribution in [0.4, 0.5) is 10.1 Å². The minimum atomic E-state index is -0.515. The number of phenolic OH excluding ortho intramolecular Hbond substituents is 1. The molecule has 0 radical (unpaired) electrons. The van der Waals surface area contributed by atoms with Crippen molar-refractivity contribution in [1.82, 2.24) is 0 Å². The average molecular weight is 366 g/mol. The number of rotatable bonds is 5. The van der Waals surface area contributed by atoms with Gasteiger partial charge < -0.3 is 10.3 Å². The Morgan fingerprint density at radius 2 is 1.81 bits per heavy atom. The number of halogens is 1. The first kappa shape index (κ1) is 18.1. The lowest BCUT2D eigenvalue weighted by atomic mass is 9.95. The van der Waals surface area contributed by atoms with Gasteiger partial charge in [-0.05, 0) is 47.4 Å². The summed E-state index contributed by atoms with van der Waals surface area (Å²) in [5.74, 6) is -0.494. The van der Waals surface area contributed by atoms with Crippen molar-refractivity contribution in [3.63, 3.8) is 0 Å². The number of hydrogen-bond acceptors (Lipinski definition) is 5. The predicted octanol–water partition coefficient (Wildman–Crippen LogP) is 4.51. The molecule has 0 fully saturated rings. The summed E-state index contributed by atoms with van der Waals surface area (Å²) < 4.78 is 13.1. The number of nitro groups is 1. The Morgan fingerprint density at radius 1 is 1.07 bits per heavy atom. The lowest BCUT2D eigenvalue weighted by Crippen LogP contribution is -1.95. The number of benzene rings is 3. The van der Waals surface area contributed by atoms with E-state index in [4.69, 9.17) is 5.21 Å². The van der Waals surface area contributed by atoms with E-state index in [-0.39, 0.29) is 22.8 Å². The van der Waals surface area contributed by atoms with Gasteiger partial charge in [-0.15, -0.1) is 0 Å². The quantitative estimate of drug-likeness (QED) is 0.301. The number of oxime groups is 1. The van der Waals surface area contributed by atoms with E-state index in [2.05, 4.69) is 5.16 Å². The maximum Gasteiger partial charge on any atom is 0.270 e. The normalized spacial score (nSPS) is 11.0. The van der Waals surface area contributed by atoms with Crippen LogP contribution in [0, 0.1) is 15.9 Å². The number of aromatic hydroxyl groups is 1. The summed E-state index contributed by atoms with van der Waals surface area (Å²) in [5.41, 5.74) is 2.59. The van der Waals surface area contributed by atoms with E-state index in [1.54, 1.807) is 30.3 Å². The molecule has 3 aromatic carbocycles. The Bertz CT molecular complexity index is 1020. The highest BCUT2D eigenvalue weighted by Gasteiger charge is 2.14. The van der Waals surface area contributed by atoms with Crippen LogP contribution in [0.1, 0.15) is 16.7 Å². The highest BCUT2D eigenvalue weighted by molar-refractivity contribution is 5.89. The fourth-order valence-corrected chi connectivity index (χ4v) is 2.83. The molecular formula is C20H15FN2O4. The number of hydrogen-bond donors (Lipinski definition) is 2. The molecule has 0 aliphatic rings. The van der Waals surface area contributed by atoms with Gasteiger partial charge in [0.05, 0.1) is 11.1 Å². The zero-order valence-electron chi connectivity index (χ0n) is 14.0. The Hall–Kier alpha value is -3.74. The van der Waals surface area contributed by atoms with Crippen LogP contribution < -0.4 is 0 Å². The fourth-order valence-electron chi connectivity index (χ4n) is 2.83. The second kappa shape index (κ2) is 7.65.